The highest BCUT2D eigenvalue weighted by atomic mass is 32.2. The second-order valence-corrected chi connectivity index (χ2v) is 6.95. The van der Waals surface area contributed by atoms with Crippen LogP contribution in [0.2, 0.25) is 0 Å². The molecule has 1 unspecified atom stereocenters. The van der Waals surface area contributed by atoms with E-state index >= 15 is 0 Å². The Kier molecular flexibility index (Phi) is 6.13. The van der Waals surface area contributed by atoms with Crippen LogP contribution in [0.1, 0.15) is 30.4 Å². The molecule has 124 valence electrons. The van der Waals surface area contributed by atoms with E-state index in [0.717, 1.165) is 23.1 Å². The van der Waals surface area contributed by atoms with Crippen LogP contribution in [0.3, 0.4) is 0 Å². The maximum Gasteiger partial charge on any atom is 0.119 e. The van der Waals surface area contributed by atoms with Gasteiger partial charge in [0.2, 0.25) is 0 Å². The Morgan fingerprint density at radius 1 is 1.08 bits per heavy atom. The van der Waals surface area contributed by atoms with Gasteiger partial charge in [-0.05, 0) is 41.5 Å². The number of aliphatic imine (C=N–C) groups is 1. The van der Waals surface area contributed by atoms with Crippen LogP contribution < -0.4 is 4.74 Å². The van der Waals surface area contributed by atoms with Crippen molar-refractivity contribution >= 4 is 16.8 Å². The molecule has 2 nitrogen and oxygen atoms in total. The molecule has 2 aromatic rings. The minimum Gasteiger partial charge on any atom is -0.489 e. The lowest BCUT2D eigenvalue weighted by Crippen LogP contribution is -2.07. The zero-order valence-corrected chi connectivity index (χ0v) is 14.8. The standard InChI is InChI=1S/C21H23NOS/c1-2-14-24-21-13-10-19(15-22-21)18-8-11-20(12-9-18)23-16-17-6-4-3-5-7-17/h3-13,19H,2,14-16H2,1H3. The molecule has 0 saturated carbocycles. The van der Waals surface area contributed by atoms with Crippen LogP contribution >= 0.6 is 11.8 Å². The molecule has 3 rings (SSSR count). The average Bonchev–Trinajstić information content (AvgIpc) is 2.66. The van der Waals surface area contributed by atoms with Crippen molar-refractivity contribution in [2.24, 2.45) is 4.99 Å². The summed E-state index contributed by atoms with van der Waals surface area (Å²) in [6.45, 7) is 3.64. The van der Waals surface area contributed by atoms with Gasteiger partial charge in [0.05, 0.1) is 11.6 Å². The van der Waals surface area contributed by atoms with Crippen LogP contribution in [0.5, 0.6) is 5.75 Å². The molecule has 1 atom stereocenters. The number of ether oxygens (including phenoxy) is 1. The zero-order chi connectivity index (χ0) is 16.6. The fraction of sp³-hybridized carbons (Fsp3) is 0.286. The number of dihydropyridines is 1. The summed E-state index contributed by atoms with van der Waals surface area (Å²) >= 11 is 1.84. The lowest BCUT2D eigenvalue weighted by molar-refractivity contribution is 0.306. The first kappa shape index (κ1) is 16.8. The molecule has 0 saturated heterocycles. The Balaban J connectivity index is 1.54. The fourth-order valence-corrected chi connectivity index (χ4v) is 3.32. The Hall–Kier alpha value is -2.00. The van der Waals surface area contributed by atoms with Crippen LogP contribution in [0.25, 0.3) is 0 Å². The SMILES string of the molecule is CCCSC1=NCC(c2ccc(OCc3ccccc3)cc2)C=C1. The number of rotatable bonds is 6. The molecule has 0 aromatic heterocycles. The highest BCUT2D eigenvalue weighted by molar-refractivity contribution is 8.14. The van der Waals surface area contributed by atoms with Crippen molar-refractivity contribution in [1.29, 1.82) is 0 Å². The molecule has 0 radical (unpaired) electrons. The number of hydrogen-bond donors (Lipinski definition) is 0. The molecule has 0 aliphatic carbocycles. The minimum absolute atomic E-state index is 0.374. The maximum absolute atomic E-state index is 5.85. The normalized spacial score (nSPS) is 16.7. The monoisotopic (exact) mass is 337 g/mol. The van der Waals surface area contributed by atoms with Crippen molar-refractivity contribution in [2.75, 3.05) is 12.3 Å². The van der Waals surface area contributed by atoms with Gasteiger partial charge in [-0.2, -0.15) is 0 Å². The van der Waals surface area contributed by atoms with Crippen LogP contribution in [-0.2, 0) is 6.61 Å². The molecular formula is C21H23NOS. The molecule has 1 heterocycles. The zero-order valence-electron chi connectivity index (χ0n) is 14.0. The summed E-state index contributed by atoms with van der Waals surface area (Å²) in [7, 11) is 0. The van der Waals surface area contributed by atoms with Gasteiger partial charge in [-0.1, -0.05) is 55.5 Å². The highest BCUT2D eigenvalue weighted by Gasteiger charge is 2.12. The number of nitrogens with zero attached hydrogens (tertiary/aromatic N) is 1. The van der Waals surface area contributed by atoms with Crippen molar-refractivity contribution in [2.45, 2.75) is 25.9 Å². The first-order valence-corrected chi connectivity index (χ1v) is 9.46. The second kappa shape index (κ2) is 8.74. The van der Waals surface area contributed by atoms with Crippen molar-refractivity contribution in [3.63, 3.8) is 0 Å². The molecule has 2 aromatic carbocycles. The molecule has 0 bridgehead atoms. The Labute approximate surface area is 148 Å². The lowest BCUT2D eigenvalue weighted by atomic mass is 9.97. The van der Waals surface area contributed by atoms with Gasteiger partial charge in [-0.3, -0.25) is 4.99 Å². The van der Waals surface area contributed by atoms with E-state index in [1.54, 1.807) is 0 Å². The quantitative estimate of drug-likeness (QED) is 0.698. The van der Waals surface area contributed by atoms with E-state index in [-0.39, 0.29) is 0 Å². The van der Waals surface area contributed by atoms with Gasteiger partial charge in [-0.15, -0.1) is 11.8 Å². The van der Waals surface area contributed by atoms with Gasteiger partial charge >= 0.3 is 0 Å². The van der Waals surface area contributed by atoms with E-state index < -0.39 is 0 Å². The first-order valence-electron chi connectivity index (χ1n) is 8.47. The summed E-state index contributed by atoms with van der Waals surface area (Å²) in [6.07, 6.45) is 5.62. The minimum atomic E-state index is 0.374. The Morgan fingerprint density at radius 2 is 1.88 bits per heavy atom. The van der Waals surface area contributed by atoms with E-state index in [0.29, 0.717) is 12.5 Å². The molecule has 0 fully saturated rings. The summed E-state index contributed by atoms with van der Waals surface area (Å²) in [5, 5.41) is 1.16. The topological polar surface area (TPSA) is 21.6 Å². The van der Waals surface area contributed by atoms with Crippen molar-refractivity contribution in [3.05, 3.63) is 77.9 Å². The molecular weight excluding hydrogens is 314 g/mol. The van der Waals surface area contributed by atoms with E-state index in [2.05, 4.69) is 60.5 Å². The van der Waals surface area contributed by atoms with E-state index in [4.69, 9.17) is 4.74 Å². The number of hydrogen-bond acceptors (Lipinski definition) is 3. The summed E-state index contributed by atoms with van der Waals surface area (Å²) in [6, 6.07) is 18.6. The predicted octanol–water partition coefficient (Wildman–Crippen LogP) is 5.46. The van der Waals surface area contributed by atoms with Crippen LogP contribution in [0.4, 0.5) is 0 Å². The predicted molar refractivity (Wildman–Crippen MR) is 104 cm³/mol. The van der Waals surface area contributed by atoms with Gasteiger partial charge in [0, 0.05) is 5.92 Å². The Morgan fingerprint density at radius 3 is 2.54 bits per heavy atom. The van der Waals surface area contributed by atoms with Crippen molar-refractivity contribution in [1.82, 2.24) is 0 Å². The van der Waals surface area contributed by atoms with E-state index in [1.165, 1.54) is 17.5 Å². The van der Waals surface area contributed by atoms with Crippen LogP contribution in [-0.4, -0.2) is 17.3 Å². The molecule has 3 heteroatoms. The maximum atomic E-state index is 5.85. The van der Waals surface area contributed by atoms with Gasteiger partial charge < -0.3 is 4.74 Å². The molecule has 1 aliphatic rings. The second-order valence-electron chi connectivity index (χ2n) is 5.84. The third-order valence-corrected chi connectivity index (χ3v) is 5.10. The summed E-state index contributed by atoms with van der Waals surface area (Å²) in [5.74, 6) is 2.42. The fourth-order valence-electron chi connectivity index (χ4n) is 2.57. The number of thioether (sulfide) groups is 1. The van der Waals surface area contributed by atoms with Gasteiger partial charge in [-0.25, -0.2) is 0 Å². The van der Waals surface area contributed by atoms with Crippen LogP contribution in [0.15, 0.2) is 71.7 Å². The van der Waals surface area contributed by atoms with Crippen LogP contribution in [0, 0.1) is 0 Å². The summed E-state index contributed by atoms with van der Waals surface area (Å²) < 4.78 is 5.85. The molecule has 0 amide bonds. The average molecular weight is 337 g/mol. The lowest BCUT2D eigenvalue weighted by Gasteiger charge is -2.16. The van der Waals surface area contributed by atoms with Gasteiger partial charge in [0.1, 0.15) is 12.4 Å². The van der Waals surface area contributed by atoms with Gasteiger partial charge in [0.15, 0.2) is 0 Å². The summed E-state index contributed by atoms with van der Waals surface area (Å²) in [5.41, 5.74) is 2.48. The molecule has 1 aliphatic heterocycles. The molecule has 0 spiro atoms. The Bertz CT molecular complexity index is 692. The molecule has 0 N–H and O–H groups in total. The van der Waals surface area contributed by atoms with E-state index in [9.17, 15) is 0 Å². The summed E-state index contributed by atoms with van der Waals surface area (Å²) in [4.78, 5) is 4.68. The highest BCUT2D eigenvalue weighted by Crippen LogP contribution is 2.25. The molecule has 24 heavy (non-hydrogen) atoms. The van der Waals surface area contributed by atoms with E-state index in [1.807, 2.05) is 30.0 Å². The van der Waals surface area contributed by atoms with Crippen molar-refractivity contribution in [3.8, 4) is 5.75 Å². The largest absolute Gasteiger partial charge is 0.489 e. The smallest absolute Gasteiger partial charge is 0.119 e. The van der Waals surface area contributed by atoms with Crippen molar-refractivity contribution < 1.29 is 4.74 Å². The third-order valence-electron chi connectivity index (χ3n) is 3.93. The third kappa shape index (κ3) is 4.75. The number of benzene rings is 2. The van der Waals surface area contributed by atoms with Gasteiger partial charge in [0.25, 0.3) is 0 Å². The first-order chi connectivity index (χ1) is 11.8.